The van der Waals surface area contributed by atoms with Gasteiger partial charge in [0.1, 0.15) is 11.5 Å². The molecule has 0 aliphatic heterocycles. The Morgan fingerprint density at radius 3 is 2.64 bits per heavy atom. The number of hydrogen-bond donors (Lipinski definition) is 1. The second-order valence-corrected chi connectivity index (χ2v) is 5.82. The molecule has 1 aliphatic carbocycles. The van der Waals surface area contributed by atoms with Crippen molar-refractivity contribution in [1.29, 1.82) is 0 Å². The number of methoxy groups -OCH3 is 2. The highest BCUT2D eigenvalue weighted by molar-refractivity contribution is 5.81. The Bertz CT molecular complexity index is 515. The second kappa shape index (κ2) is 7.49. The molecule has 5 nitrogen and oxygen atoms in total. The molecule has 5 heteroatoms. The quantitative estimate of drug-likeness (QED) is 0.798. The lowest BCUT2D eigenvalue weighted by Crippen LogP contribution is -2.43. The lowest BCUT2D eigenvalue weighted by atomic mass is 10.1. The van der Waals surface area contributed by atoms with Crippen LogP contribution in [0.1, 0.15) is 25.3 Å². The molecule has 1 fully saturated rings. The Morgan fingerprint density at radius 1 is 1.36 bits per heavy atom. The highest BCUT2D eigenvalue weighted by atomic mass is 16.5. The number of amides is 1. The zero-order valence-electron chi connectivity index (χ0n) is 13.9. The van der Waals surface area contributed by atoms with Crippen LogP contribution in [0.5, 0.6) is 11.5 Å². The molecule has 0 spiro atoms. The molecule has 1 N–H and O–H groups in total. The van der Waals surface area contributed by atoms with Crippen LogP contribution in [-0.4, -0.2) is 44.7 Å². The molecule has 1 atom stereocenters. The van der Waals surface area contributed by atoms with Crippen LogP contribution in [0.2, 0.25) is 0 Å². The van der Waals surface area contributed by atoms with Crippen LogP contribution in [0.25, 0.3) is 0 Å². The molecule has 1 aliphatic rings. The molecule has 1 unspecified atom stereocenters. The fourth-order valence-corrected chi connectivity index (χ4v) is 2.59. The SMILES string of the molecule is CNCC(C)N(Cc1ccc(OC)cc1OC)C(=O)C1CC1. The van der Waals surface area contributed by atoms with E-state index in [2.05, 4.69) is 12.2 Å². The van der Waals surface area contributed by atoms with Crippen LogP contribution >= 0.6 is 0 Å². The van der Waals surface area contributed by atoms with Crippen molar-refractivity contribution in [1.82, 2.24) is 10.2 Å². The topological polar surface area (TPSA) is 50.8 Å². The Balaban J connectivity index is 2.20. The summed E-state index contributed by atoms with van der Waals surface area (Å²) in [6.07, 6.45) is 2.03. The maximum absolute atomic E-state index is 12.6. The van der Waals surface area contributed by atoms with E-state index in [0.29, 0.717) is 6.54 Å². The normalized spacial score (nSPS) is 15.3. The third-order valence-electron chi connectivity index (χ3n) is 4.08. The molecule has 22 heavy (non-hydrogen) atoms. The molecule has 2 rings (SSSR count). The fourth-order valence-electron chi connectivity index (χ4n) is 2.59. The predicted octanol–water partition coefficient (Wildman–Crippen LogP) is 2.05. The van der Waals surface area contributed by atoms with E-state index in [4.69, 9.17) is 9.47 Å². The van der Waals surface area contributed by atoms with E-state index in [1.54, 1.807) is 14.2 Å². The molecular weight excluding hydrogens is 280 g/mol. The van der Waals surface area contributed by atoms with Crippen LogP contribution in [0.4, 0.5) is 0 Å². The Labute approximate surface area is 132 Å². The third kappa shape index (κ3) is 3.91. The van der Waals surface area contributed by atoms with Crippen LogP contribution in [0.3, 0.4) is 0 Å². The largest absolute Gasteiger partial charge is 0.497 e. The van der Waals surface area contributed by atoms with Gasteiger partial charge in [-0.1, -0.05) is 0 Å². The van der Waals surface area contributed by atoms with Gasteiger partial charge < -0.3 is 19.7 Å². The molecule has 1 amide bonds. The molecule has 0 radical (unpaired) electrons. The van der Waals surface area contributed by atoms with Gasteiger partial charge in [0.25, 0.3) is 0 Å². The van der Waals surface area contributed by atoms with Crippen molar-refractivity contribution in [3.63, 3.8) is 0 Å². The van der Waals surface area contributed by atoms with Crippen molar-refractivity contribution in [3.8, 4) is 11.5 Å². The van der Waals surface area contributed by atoms with E-state index in [0.717, 1.165) is 36.4 Å². The summed E-state index contributed by atoms with van der Waals surface area (Å²) in [7, 11) is 5.18. The number of carbonyl (C=O) groups excluding carboxylic acids is 1. The Morgan fingerprint density at radius 2 is 2.09 bits per heavy atom. The highest BCUT2D eigenvalue weighted by Crippen LogP contribution is 2.33. The van der Waals surface area contributed by atoms with Crippen molar-refractivity contribution in [2.75, 3.05) is 27.8 Å². The van der Waals surface area contributed by atoms with Crippen LogP contribution in [-0.2, 0) is 11.3 Å². The minimum absolute atomic E-state index is 0.143. The van der Waals surface area contributed by atoms with Gasteiger partial charge in [-0.3, -0.25) is 4.79 Å². The third-order valence-corrected chi connectivity index (χ3v) is 4.08. The minimum atomic E-state index is 0.143. The summed E-state index contributed by atoms with van der Waals surface area (Å²) in [4.78, 5) is 14.5. The van der Waals surface area contributed by atoms with Gasteiger partial charge in [0, 0.05) is 36.7 Å². The first kappa shape index (κ1) is 16.6. The zero-order valence-corrected chi connectivity index (χ0v) is 13.9. The number of nitrogens with zero attached hydrogens (tertiary/aromatic N) is 1. The summed E-state index contributed by atoms with van der Waals surface area (Å²) in [5, 5.41) is 3.15. The van der Waals surface area contributed by atoms with Gasteiger partial charge in [-0.05, 0) is 38.9 Å². The van der Waals surface area contributed by atoms with Crippen molar-refractivity contribution in [2.45, 2.75) is 32.4 Å². The number of rotatable bonds is 8. The summed E-state index contributed by atoms with van der Waals surface area (Å²) in [6, 6.07) is 5.87. The molecule has 0 aromatic heterocycles. The van der Waals surface area contributed by atoms with Gasteiger partial charge in [0.05, 0.1) is 14.2 Å². The Kier molecular flexibility index (Phi) is 5.66. The summed E-state index contributed by atoms with van der Waals surface area (Å²) in [6.45, 7) is 3.41. The van der Waals surface area contributed by atoms with E-state index < -0.39 is 0 Å². The van der Waals surface area contributed by atoms with E-state index >= 15 is 0 Å². The maximum atomic E-state index is 12.6. The van der Waals surface area contributed by atoms with E-state index in [-0.39, 0.29) is 17.9 Å². The van der Waals surface area contributed by atoms with Crippen molar-refractivity contribution in [2.24, 2.45) is 5.92 Å². The minimum Gasteiger partial charge on any atom is -0.497 e. The number of ether oxygens (including phenoxy) is 2. The lowest BCUT2D eigenvalue weighted by Gasteiger charge is -2.30. The number of likely N-dealkylation sites (N-methyl/N-ethyl adjacent to an activating group) is 1. The number of nitrogens with one attached hydrogen (secondary N) is 1. The summed E-state index contributed by atoms with van der Waals surface area (Å²) < 4.78 is 10.7. The lowest BCUT2D eigenvalue weighted by molar-refractivity contribution is -0.135. The van der Waals surface area contributed by atoms with Crippen LogP contribution in [0, 0.1) is 5.92 Å². The molecule has 0 saturated heterocycles. The maximum Gasteiger partial charge on any atom is 0.226 e. The average molecular weight is 306 g/mol. The van der Waals surface area contributed by atoms with Gasteiger partial charge in [-0.2, -0.15) is 0 Å². The first-order valence-corrected chi connectivity index (χ1v) is 7.76. The zero-order chi connectivity index (χ0) is 16.1. The molecule has 1 aromatic carbocycles. The van der Waals surface area contributed by atoms with Crippen molar-refractivity contribution >= 4 is 5.91 Å². The molecule has 1 aromatic rings. The van der Waals surface area contributed by atoms with Gasteiger partial charge >= 0.3 is 0 Å². The van der Waals surface area contributed by atoms with E-state index in [1.165, 1.54) is 0 Å². The predicted molar refractivity (Wildman–Crippen MR) is 86.2 cm³/mol. The van der Waals surface area contributed by atoms with Gasteiger partial charge in [-0.25, -0.2) is 0 Å². The molecular formula is C17H26N2O3. The van der Waals surface area contributed by atoms with E-state index in [1.807, 2.05) is 30.1 Å². The molecule has 0 bridgehead atoms. The van der Waals surface area contributed by atoms with Gasteiger partial charge in [0.15, 0.2) is 0 Å². The standard InChI is InChI=1S/C17H26N2O3/c1-12(10-18-2)19(17(20)13-5-6-13)11-14-7-8-15(21-3)9-16(14)22-4/h7-9,12-13,18H,5-6,10-11H2,1-4H3. The van der Waals surface area contributed by atoms with E-state index in [9.17, 15) is 4.79 Å². The first-order valence-electron chi connectivity index (χ1n) is 7.76. The fraction of sp³-hybridized carbons (Fsp3) is 0.588. The molecule has 1 saturated carbocycles. The number of carbonyl (C=O) groups is 1. The van der Waals surface area contributed by atoms with Crippen molar-refractivity contribution in [3.05, 3.63) is 23.8 Å². The number of hydrogen-bond acceptors (Lipinski definition) is 4. The van der Waals surface area contributed by atoms with Gasteiger partial charge in [0.2, 0.25) is 5.91 Å². The average Bonchev–Trinajstić information content (AvgIpc) is 3.37. The monoisotopic (exact) mass is 306 g/mol. The van der Waals surface area contributed by atoms with Crippen LogP contribution < -0.4 is 14.8 Å². The van der Waals surface area contributed by atoms with Crippen molar-refractivity contribution < 1.29 is 14.3 Å². The highest BCUT2D eigenvalue weighted by Gasteiger charge is 2.35. The first-order chi connectivity index (χ1) is 10.6. The summed E-state index contributed by atoms with van der Waals surface area (Å²) in [5.41, 5.74) is 1.00. The second-order valence-electron chi connectivity index (χ2n) is 5.82. The van der Waals surface area contributed by atoms with Gasteiger partial charge in [-0.15, -0.1) is 0 Å². The van der Waals surface area contributed by atoms with Crippen LogP contribution in [0.15, 0.2) is 18.2 Å². The number of benzene rings is 1. The smallest absolute Gasteiger partial charge is 0.226 e. The Hall–Kier alpha value is -1.75. The molecule has 122 valence electrons. The summed E-state index contributed by atoms with van der Waals surface area (Å²) in [5.74, 6) is 1.97. The molecule has 0 heterocycles. The summed E-state index contributed by atoms with van der Waals surface area (Å²) >= 11 is 0.